The van der Waals surface area contributed by atoms with Crippen molar-refractivity contribution < 1.29 is 9.18 Å². The molecule has 0 aliphatic carbocycles. The molecule has 0 unspecified atom stereocenters. The van der Waals surface area contributed by atoms with E-state index in [0.29, 0.717) is 19.6 Å². The molecule has 0 bridgehead atoms. The Morgan fingerprint density at radius 2 is 2.05 bits per heavy atom. The average Bonchev–Trinajstić information content (AvgIpc) is 2.37. The van der Waals surface area contributed by atoms with E-state index in [1.165, 1.54) is 6.07 Å². The first-order valence-electron chi connectivity index (χ1n) is 7.06. The molecule has 0 saturated heterocycles. The van der Waals surface area contributed by atoms with Gasteiger partial charge >= 0.3 is 0 Å². The Bertz CT molecular complexity index is 472. The maximum absolute atomic E-state index is 13.9. The predicted molar refractivity (Wildman–Crippen MR) is 80.2 cm³/mol. The van der Waals surface area contributed by atoms with E-state index in [2.05, 4.69) is 0 Å². The van der Waals surface area contributed by atoms with Gasteiger partial charge in [-0.1, -0.05) is 26.8 Å². The van der Waals surface area contributed by atoms with Crippen LogP contribution in [0, 0.1) is 18.2 Å². The zero-order valence-electron chi connectivity index (χ0n) is 12.9. The quantitative estimate of drug-likeness (QED) is 0.870. The Labute approximate surface area is 121 Å². The molecule has 0 aliphatic rings. The van der Waals surface area contributed by atoms with E-state index in [9.17, 15) is 9.18 Å². The van der Waals surface area contributed by atoms with Crippen LogP contribution in [-0.2, 0) is 0 Å². The fourth-order valence-electron chi connectivity index (χ4n) is 2.07. The summed E-state index contributed by atoms with van der Waals surface area (Å²) in [5, 5.41) is 0. The van der Waals surface area contributed by atoms with E-state index in [-0.39, 0.29) is 16.9 Å². The lowest BCUT2D eigenvalue weighted by atomic mass is 9.92. The number of carbonyl (C=O) groups excluding carboxylic acids is 1. The van der Waals surface area contributed by atoms with E-state index in [1.807, 2.05) is 20.8 Å². The average molecular weight is 280 g/mol. The molecule has 2 N–H and O–H groups in total. The minimum Gasteiger partial charge on any atom is -0.338 e. The molecule has 0 fully saturated rings. The minimum atomic E-state index is -0.457. The lowest BCUT2D eigenvalue weighted by molar-refractivity contribution is 0.0684. The number of nitrogens with two attached hydrogens (primary N) is 1. The van der Waals surface area contributed by atoms with Crippen molar-refractivity contribution in [3.05, 3.63) is 35.1 Å². The maximum Gasteiger partial charge on any atom is 0.256 e. The van der Waals surface area contributed by atoms with Gasteiger partial charge in [0.2, 0.25) is 0 Å². The third-order valence-corrected chi connectivity index (χ3v) is 3.31. The number of hydrogen-bond donors (Lipinski definition) is 1. The zero-order chi connectivity index (χ0) is 15.3. The van der Waals surface area contributed by atoms with Crippen molar-refractivity contribution in [3.8, 4) is 0 Å². The monoisotopic (exact) mass is 280 g/mol. The fourth-order valence-corrected chi connectivity index (χ4v) is 2.07. The van der Waals surface area contributed by atoms with Crippen molar-refractivity contribution >= 4 is 5.91 Å². The maximum atomic E-state index is 13.9. The lowest BCUT2D eigenvalue weighted by Gasteiger charge is -2.32. The van der Waals surface area contributed by atoms with E-state index < -0.39 is 5.82 Å². The second-order valence-electron chi connectivity index (χ2n) is 6.08. The number of nitrogens with zero attached hydrogens (tertiary/aromatic N) is 1. The zero-order valence-corrected chi connectivity index (χ0v) is 12.9. The molecule has 0 aliphatic heterocycles. The third kappa shape index (κ3) is 4.30. The van der Waals surface area contributed by atoms with Crippen LogP contribution in [-0.4, -0.2) is 30.4 Å². The molecule has 3 nitrogen and oxygen atoms in total. The number of hydrogen-bond acceptors (Lipinski definition) is 2. The first kappa shape index (κ1) is 16.6. The summed E-state index contributed by atoms with van der Waals surface area (Å²) < 4.78 is 13.9. The van der Waals surface area contributed by atoms with E-state index >= 15 is 0 Å². The van der Waals surface area contributed by atoms with Crippen molar-refractivity contribution in [2.45, 2.75) is 34.1 Å². The number of halogens is 1. The van der Waals surface area contributed by atoms with Gasteiger partial charge in [0.1, 0.15) is 5.82 Å². The SMILES string of the molecule is CCCN(CC(C)(C)CN)C(=O)c1ccc(C)cc1F. The van der Waals surface area contributed by atoms with E-state index in [4.69, 9.17) is 5.73 Å². The smallest absolute Gasteiger partial charge is 0.256 e. The van der Waals surface area contributed by atoms with Gasteiger partial charge in [0, 0.05) is 13.1 Å². The second-order valence-corrected chi connectivity index (χ2v) is 6.08. The van der Waals surface area contributed by atoms with Crippen molar-refractivity contribution in [2.24, 2.45) is 11.1 Å². The minimum absolute atomic E-state index is 0.136. The summed E-state index contributed by atoms with van der Waals surface area (Å²) in [5.74, 6) is -0.715. The molecule has 0 aromatic heterocycles. The van der Waals surface area contributed by atoms with Crippen LogP contribution >= 0.6 is 0 Å². The highest BCUT2D eigenvalue weighted by Gasteiger charge is 2.25. The normalized spacial score (nSPS) is 11.5. The molecule has 1 aromatic carbocycles. The van der Waals surface area contributed by atoms with Crippen LogP contribution in [0.2, 0.25) is 0 Å². The number of aryl methyl sites for hydroxylation is 1. The largest absolute Gasteiger partial charge is 0.338 e. The van der Waals surface area contributed by atoms with E-state index in [0.717, 1.165) is 12.0 Å². The summed E-state index contributed by atoms with van der Waals surface area (Å²) >= 11 is 0. The summed E-state index contributed by atoms with van der Waals surface area (Å²) in [6.45, 7) is 9.44. The molecule has 4 heteroatoms. The van der Waals surface area contributed by atoms with Gasteiger partial charge < -0.3 is 10.6 Å². The van der Waals surface area contributed by atoms with Crippen LogP contribution in [0.5, 0.6) is 0 Å². The highest BCUT2D eigenvalue weighted by molar-refractivity contribution is 5.94. The summed E-state index contributed by atoms with van der Waals surface area (Å²) in [7, 11) is 0. The van der Waals surface area contributed by atoms with Crippen LogP contribution in [0.1, 0.15) is 43.1 Å². The molecule has 1 rings (SSSR count). The van der Waals surface area contributed by atoms with Crippen molar-refractivity contribution in [1.82, 2.24) is 4.90 Å². The van der Waals surface area contributed by atoms with Crippen molar-refractivity contribution in [2.75, 3.05) is 19.6 Å². The molecular weight excluding hydrogens is 255 g/mol. The summed E-state index contributed by atoms with van der Waals surface area (Å²) in [5.41, 5.74) is 6.50. The Balaban J connectivity index is 2.99. The molecule has 0 radical (unpaired) electrons. The summed E-state index contributed by atoms with van der Waals surface area (Å²) in [4.78, 5) is 14.2. The van der Waals surface area contributed by atoms with Crippen LogP contribution in [0.15, 0.2) is 18.2 Å². The lowest BCUT2D eigenvalue weighted by Crippen LogP contribution is -2.42. The van der Waals surface area contributed by atoms with Gasteiger partial charge in [-0.25, -0.2) is 4.39 Å². The summed E-state index contributed by atoms with van der Waals surface area (Å²) in [6.07, 6.45) is 0.833. The van der Waals surface area contributed by atoms with Crippen molar-refractivity contribution in [3.63, 3.8) is 0 Å². The molecule has 112 valence electrons. The first-order chi connectivity index (χ1) is 9.30. The van der Waals surface area contributed by atoms with Crippen LogP contribution in [0.25, 0.3) is 0 Å². The van der Waals surface area contributed by atoms with Gasteiger partial charge in [-0.3, -0.25) is 4.79 Å². The van der Waals surface area contributed by atoms with E-state index in [1.54, 1.807) is 24.0 Å². The number of carbonyl (C=O) groups is 1. The molecule has 0 spiro atoms. The fraction of sp³-hybridized carbons (Fsp3) is 0.562. The van der Waals surface area contributed by atoms with Gasteiger partial charge in [-0.05, 0) is 43.0 Å². The van der Waals surface area contributed by atoms with Gasteiger partial charge in [-0.15, -0.1) is 0 Å². The predicted octanol–water partition coefficient (Wildman–Crippen LogP) is 2.97. The number of amides is 1. The standard InChI is InChI=1S/C16H25FN2O/c1-5-8-19(11-16(3,4)10-18)15(20)13-7-6-12(2)9-14(13)17/h6-7,9H,5,8,10-11,18H2,1-4H3. The Kier molecular flexibility index (Phi) is 5.69. The molecule has 20 heavy (non-hydrogen) atoms. The molecule has 0 atom stereocenters. The molecule has 1 aromatic rings. The van der Waals surface area contributed by atoms with Crippen LogP contribution < -0.4 is 5.73 Å². The molecule has 1 amide bonds. The third-order valence-electron chi connectivity index (χ3n) is 3.31. The highest BCUT2D eigenvalue weighted by atomic mass is 19.1. The number of rotatable bonds is 6. The first-order valence-corrected chi connectivity index (χ1v) is 7.06. The molecule has 0 saturated carbocycles. The highest BCUT2D eigenvalue weighted by Crippen LogP contribution is 2.19. The van der Waals surface area contributed by atoms with Gasteiger partial charge in [-0.2, -0.15) is 0 Å². The second kappa shape index (κ2) is 6.84. The Morgan fingerprint density at radius 1 is 1.40 bits per heavy atom. The topological polar surface area (TPSA) is 46.3 Å². The molecular formula is C16H25FN2O. The van der Waals surface area contributed by atoms with Crippen molar-refractivity contribution in [1.29, 1.82) is 0 Å². The Hall–Kier alpha value is -1.42. The molecule has 0 heterocycles. The Morgan fingerprint density at radius 3 is 2.55 bits per heavy atom. The summed E-state index contributed by atoms with van der Waals surface area (Å²) in [6, 6.07) is 4.71. The number of benzene rings is 1. The van der Waals surface area contributed by atoms with Crippen LogP contribution in [0.4, 0.5) is 4.39 Å². The van der Waals surface area contributed by atoms with Gasteiger partial charge in [0.05, 0.1) is 5.56 Å². The van der Waals surface area contributed by atoms with Gasteiger partial charge in [0.25, 0.3) is 5.91 Å². The van der Waals surface area contributed by atoms with Gasteiger partial charge in [0.15, 0.2) is 0 Å². The van der Waals surface area contributed by atoms with Crippen LogP contribution in [0.3, 0.4) is 0 Å².